The van der Waals surface area contributed by atoms with Crippen LogP contribution in [0, 0.1) is 20.8 Å². The lowest BCUT2D eigenvalue weighted by Gasteiger charge is -2.12. The summed E-state index contributed by atoms with van der Waals surface area (Å²) in [6.45, 7) is 13.4. The zero-order chi connectivity index (χ0) is 50.8. The first-order chi connectivity index (χ1) is 30.9. The number of aromatic carboxylic acids is 1. The number of halogens is 9. The third kappa shape index (κ3) is 16.0. The fourth-order valence-electron chi connectivity index (χ4n) is 5.28. The Hall–Kier alpha value is -7.17. The summed E-state index contributed by atoms with van der Waals surface area (Å²) in [5, 5.41) is 24.1. The van der Waals surface area contributed by atoms with Gasteiger partial charge < -0.3 is 40.8 Å². The number of aryl methyl sites for hydroxylation is 3. The number of nitrogens with two attached hydrogens (primary N) is 2. The maximum absolute atomic E-state index is 12.8. The summed E-state index contributed by atoms with van der Waals surface area (Å²) in [5.74, 6) is -2.40. The van der Waals surface area contributed by atoms with Crippen molar-refractivity contribution in [3.05, 3.63) is 141 Å². The molecule has 0 aliphatic heterocycles. The second kappa shape index (κ2) is 22.3. The summed E-state index contributed by atoms with van der Waals surface area (Å²) in [6, 6.07) is 14.7. The number of amides is 2. The van der Waals surface area contributed by atoms with E-state index < -0.39 is 59.0 Å². The van der Waals surface area contributed by atoms with Crippen LogP contribution in [0.15, 0.2) is 86.4 Å². The van der Waals surface area contributed by atoms with Gasteiger partial charge in [0.2, 0.25) is 17.3 Å². The molecule has 362 valence electrons. The van der Waals surface area contributed by atoms with E-state index in [9.17, 15) is 53.9 Å². The van der Waals surface area contributed by atoms with E-state index in [1.54, 1.807) is 6.92 Å². The Morgan fingerprint density at radius 2 is 0.866 bits per heavy atom. The fraction of sp³-hybridized carbons (Fsp3) is 0.318. The number of rotatable bonds is 8. The number of aromatic nitrogens is 3. The number of carboxylic acid groups (broad SMARTS) is 1. The summed E-state index contributed by atoms with van der Waals surface area (Å²) in [7, 11) is 0. The summed E-state index contributed by atoms with van der Waals surface area (Å²) < 4.78 is 128. The van der Waals surface area contributed by atoms with Crippen molar-refractivity contribution in [3.63, 3.8) is 0 Å². The van der Waals surface area contributed by atoms with Crippen molar-refractivity contribution in [2.75, 3.05) is 16.4 Å². The van der Waals surface area contributed by atoms with Crippen molar-refractivity contribution in [2.24, 2.45) is 5.73 Å². The topological polar surface area (TPSA) is 226 Å². The molecule has 0 radical (unpaired) electrons. The molecule has 0 saturated carbocycles. The number of hydrogen-bond donors (Lipinski definition) is 5. The molecule has 67 heavy (non-hydrogen) atoms. The van der Waals surface area contributed by atoms with Gasteiger partial charge in [-0.2, -0.15) is 39.5 Å². The van der Waals surface area contributed by atoms with Crippen molar-refractivity contribution >= 4 is 34.8 Å². The van der Waals surface area contributed by atoms with Crippen LogP contribution in [0.1, 0.15) is 135 Å². The number of carbonyl (C=O) groups excluding carboxylic acids is 2. The lowest BCUT2D eigenvalue weighted by Crippen LogP contribution is -2.13. The molecule has 7 N–H and O–H groups in total. The number of nitrogen functional groups attached to an aromatic ring is 1. The number of nitrogens with zero attached hydrogens (tertiary/aromatic N) is 3. The number of carboxylic acids is 1. The number of alkyl halides is 9. The number of nitrogens with one attached hydrogen (secondary N) is 2. The third-order valence-corrected chi connectivity index (χ3v) is 9.06. The molecule has 0 aliphatic carbocycles. The number of carbonyl (C=O) groups is 3. The van der Waals surface area contributed by atoms with Gasteiger partial charge in [-0.25, -0.2) is 4.79 Å². The van der Waals surface area contributed by atoms with Crippen LogP contribution in [-0.4, -0.2) is 38.4 Å². The van der Waals surface area contributed by atoms with Crippen LogP contribution >= 0.6 is 0 Å². The van der Waals surface area contributed by atoms with E-state index in [2.05, 4.69) is 30.6 Å². The van der Waals surface area contributed by atoms with Gasteiger partial charge in [-0.3, -0.25) is 9.59 Å². The van der Waals surface area contributed by atoms with Crippen LogP contribution < -0.4 is 22.1 Å². The molecule has 1 atom stereocenters. The normalized spacial score (nSPS) is 11.9. The summed E-state index contributed by atoms with van der Waals surface area (Å²) in [4.78, 5) is 34.2. The Labute approximate surface area is 376 Å². The summed E-state index contributed by atoms with van der Waals surface area (Å²) >= 11 is 0. The zero-order valence-corrected chi connectivity index (χ0v) is 37.0. The third-order valence-electron chi connectivity index (χ3n) is 9.06. The van der Waals surface area contributed by atoms with Gasteiger partial charge in [0.25, 0.3) is 11.8 Å². The Morgan fingerprint density at radius 1 is 0.537 bits per heavy atom. The van der Waals surface area contributed by atoms with Crippen LogP contribution in [0.3, 0.4) is 0 Å². The minimum absolute atomic E-state index is 0.0154. The van der Waals surface area contributed by atoms with Crippen molar-refractivity contribution in [3.8, 4) is 0 Å². The van der Waals surface area contributed by atoms with Crippen LogP contribution in [0.5, 0.6) is 0 Å². The highest BCUT2D eigenvalue weighted by atomic mass is 19.4. The van der Waals surface area contributed by atoms with Gasteiger partial charge in [0.05, 0.1) is 28.1 Å². The summed E-state index contributed by atoms with van der Waals surface area (Å²) in [5.41, 5.74) is 10.8. The van der Waals surface area contributed by atoms with Crippen LogP contribution in [0.4, 0.5) is 56.6 Å². The molecule has 0 spiro atoms. The van der Waals surface area contributed by atoms with Gasteiger partial charge >= 0.3 is 24.5 Å². The molecule has 2 amide bonds. The molecule has 3 heterocycles. The molecular weight excluding hydrogens is 910 g/mol. The molecule has 0 bridgehead atoms. The second-order valence-corrected chi connectivity index (χ2v) is 15.3. The van der Waals surface area contributed by atoms with Gasteiger partial charge in [-0.15, -0.1) is 0 Å². The van der Waals surface area contributed by atoms with Crippen LogP contribution in [0.25, 0.3) is 0 Å². The Morgan fingerprint density at radius 3 is 1.16 bits per heavy atom. The predicted molar refractivity (Wildman–Crippen MR) is 226 cm³/mol. The van der Waals surface area contributed by atoms with Crippen LogP contribution in [-0.2, 0) is 18.5 Å². The van der Waals surface area contributed by atoms with Crippen molar-refractivity contribution in [1.82, 2.24) is 15.5 Å². The SMILES string of the molecule is CC(C)c1cc(C(=O)O)on1.Cc1ccc(N)cc1C(F)(F)F.Cc1ccc(NC(=O)c2cc(C(C)C)no2)cc1C(F)(F)F.Cc1ccc(NC(=O)c2cc([C@@H](C)N)no2)cc1C(F)(F)F. The standard InChI is InChI=1S/C15H15F3N2O2.C14H14F3N3O2.C8H8F3N.C7H9NO3/c1-8(2)12-7-13(22-20-12)14(21)19-10-5-4-9(3)11(6-10)15(16,17)18;1-7-3-4-9(5-10(7)14(15,16)17)19-13(21)12-6-11(8(2)18)20-22-12;1-5-2-3-6(12)4-7(5)8(9,10)11;1-4(2)5-3-6(7(9)10)11-8-5/h4-8H,1-3H3,(H,19,21);3-6,8H,18H2,1-2H3,(H,19,21);2-4H,12H2,1H3;3-4H,1-2H3,(H,9,10)/t;8-;;/m.1../s1. The largest absolute Gasteiger partial charge is 0.475 e. The van der Waals surface area contributed by atoms with Crippen molar-refractivity contribution in [1.29, 1.82) is 0 Å². The van der Waals surface area contributed by atoms with Crippen LogP contribution in [0.2, 0.25) is 0 Å². The maximum Gasteiger partial charge on any atom is 0.416 e. The maximum atomic E-state index is 12.8. The quantitative estimate of drug-likeness (QED) is 0.0709. The van der Waals surface area contributed by atoms with E-state index in [4.69, 9.17) is 25.6 Å². The molecule has 6 aromatic rings. The van der Waals surface area contributed by atoms with E-state index in [1.807, 2.05) is 27.7 Å². The lowest BCUT2D eigenvalue weighted by molar-refractivity contribution is -0.138. The fourth-order valence-corrected chi connectivity index (χ4v) is 5.28. The highest BCUT2D eigenvalue weighted by Crippen LogP contribution is 2.35. The minimum atomic E-state index is -4.49. The molecular formula is C44H46F9N7O7. The van der Waals surface area contributed by atoms with Crippen molar-refractivity contribution in [2.45, 2.75) is 91.8 Å². The number of anilines is 3. The molecule has 3 aromatic heterocycles. The van der Waals surface area contributed by atoms with Gasteiger partial charge in [0.15, 0.2) is 0 Å². The Kier molecular flexibility index (Phi) is 18.1. The van der Waals surface area contributed by atoms with E-state index in [0.717, 1.165) is 18.2 Å². The molecule has 0 aliphatic rings. The Balaban J connectivity index is 0.000000248. The number of benzene rings is 3. The van der Waals surface area contributed by atoms with Gasteiger partial charge in [-0.1, -0.05) is 61.4 Å². The predicted octanol–water partition coefficient (Wildman–Crippen LogP) is 11.7. The average Bonchev–Trinajstić information content (AvgIpc) is 4.02. The van der Waals surface area contributed by atoms with Gasteiger partial charge in [0, 0.05) is 41.3 Å². The van der Waals surface area contributed by atoms with Gasteiger partial charge in [0.1, 0.15) is 5.69 Å². The van der Waals surface area contributed by atoms with E-state index >= 15 is 0 Å². The number of hydrogen-bond acceptors (Lipinski definition) is 11. The second-order valence-electron chi connectivity index (χ2n) is 15.3. The summed E-state index contributed by atoms with van der Waals surface area (Å²) in [6.07, 6.45) is -13.3. The molecule has 6 rings (SSSR count). The first-order valence-corrected chi connectivity index (χ1v) is 19.7. The van der Waals surface area contributed by atoms with E-state index in [0.29, 0.717) is 17.1 Å². The molecule has 23 heteroatoms. The van der Waals surface area contributed by atoms with Gasteiger partial charge in [-0.05, 0) is 92.6 Å². The highest BCUT2D eigenvalue weighted by Gasteiger charge is 2.34. The lowest BCUT2D eigenvalue weighted by atomic mass is 10.1. The minimum Gasteiger partial charge on any atom is -0.475 e. The monoisotopic (exact) mass is 955 g/mol. The first kappa shape index (κ1) is 54.2. The molecule has 3 aromatic carbocycles. The van der Waals surface area contributed by atoms with Crippen molar-refractivity contribution < 1.29 is 72.6 Å². The first-order valence-electron chi connectivity index (χ1n) is 19.7. The van der Waals surface area contributed by atoms with E-state index in [1.165, 1.54) is 75.4 Å². The smallest absolute Gasteiger partial charge is 0.416 e. The molecule has 0 fully saturated rings. The average molecular weight is 956 g/mol. The zero-order valence-electron chi connectivity index (χ0n) is 37.0. The highest BCUT2D eigenvalue weighted by molar-refractivity contribution is 6.03. The Bertz CT molecular complexity index is 2510. The molecule has 0 unspecified atom stereocenters. The van der Waals surface area contributed by atoms with E-state index in [-0.39, 0.29) is 62.9 Å². The molecule has 0 saturated heterocycles. The molecule has 14 nitrogen and oxygen atoms in total.